The second-order valence-corrected chi connectivity index (χ2v) is 4.68. The number of aryl methyl sites for hydroxylation is 1. The first kappa shape index (κ1) is 11.9. The predicted molar refractivity (Wildman–Crippen MR) is 67.6 cm³/mol. The van der Waals surface area contributed by atoms with E-state index in [0.29, 0.717) is 16.3 Å². The highest BCUT2D eigenvalue weighted by atomic mass is 35.5. The molecule has 1 aromatic carbocycles. The Hall–Kier alpha value is -1.61. The number of halogens is 1. The minimum atomic E-state index is -0.532. The first-order valence-corrected chi connectivity index (χ1v) is 5.61. The average molecular weight is 250 g/mol. The molecule has 1 amide bonds. The Morgan fingerprint density at radius 3 is 2.59 bits per heavy atom. The molecule has 1 aliphatic rings. The summed E-state index contributed by atoms with van der Waals surface area (Å²) in [7, 11) is 0. The van der Waals surface area contributed by atoms with E-state index in [1.165, 1.54) is 4.90 Å². The van der Waals surface area contributed by atoms with Gasteiger partial charge in [-0.15, -0.1) is 0 Å². The number of carbonyl (C=O) groups excluding carboxylic acids is 2. The predicted octanol–water partition coefficient (Wildman–Crippen LogP) is 2.59. The van der Waals surface area contributed by atoms with Gasteiger partial charge in [0.15, 0.2) is 0 Å². The first-order valence-electron chi connectivity index (χ1n) is 5.23. The number of Topliss-reactive ketones (excluding diaryl/α,β-unsaturated/α-hetero) is 1. The van der Waals surface area contributed by atoms with Crippen LogP contribution in [0.5, 0.6) is 0 Å². The number of rotatable bonds is 2. The van der Waals surface area contributed by atoms with Gasteiger partial charge in [0.05, 0.1) is 17.8 Å². The molecule has 0 saturated carbocycles. The molecule has 0 fully saturated rings. The highest BCUT2D eigenvalue weighted by Crippen LogP contribution is 2.34. The van der Waals surface area contributed by atoms with E-state index in [1.807, 2.05) is 19.9 Å². The Balaban J connectivity index is 2.61. The molecule has 0 radical (unpaired) electrons. The van der Waals surface area contributed by atoms with E-state index >= 15 is 0 Å². The van der Waals surface area contributed by atoms with Gasteiger partial charge in [-0.1, -0.05) is 24.2 Å². The van der Waals surface area contributed by atoms with Crippen LogP contribution in [0.25, 0.3) is 0 Å². The minimum absolute atomic E-state index is 0.170. The Morgan fingerprint density at radius 1 is 1.35 bits per heavy atom. The van der Waals surface area contributed by atoms with Crippen LogP contribution in [-0.2, 0) is 4.79 Å². The molecule has 0 N–H and O–H groups in total. The van der Waals surface area contributed by atoms with Crippen LogP contribution >= 0.6 is 11.6 Å². The molecular weight excluding hydrogens is 238 g/mol. The fourth-order valence-electron chi connectivity index (χ4n) is 1.99. The quantitative estimate of drug-likeness (QED) is 0.756. The van der Waals surface area contributed by atoms with Crippen LogP contribution in [0.3, 0.4) is 0 Å². The van der Waals surface area contributed by atoms with Crippen molar-refractivity contribution in [3.63, 3.8) is 0 Å². The van der Waals surface area contributed by atoms with E-state index in [-0.39, 0.29) is 6.54 Å². The third kappa shape index (κ3) is 1.76. The second-order valence-electron chi connectivity index (χ2n) is 4.14. The fraction of sp³-hybridized carbons (Fsp3) is 0.231. The number of ketones is 1. The molecule has 3 nitrogen and oxygen atoms in total. The Bertz CT molecular complexity index is 549. The monoisotopic (exact) mass is 249 g/mol. The van der Waals surface area contributed by atoms with Gasteiger partial charge in [-0.3, -0.25) is 14.5 Å². The van der Waals surface area contributed by atoms with Gasteiger partial charge in [0, 0.05) is 5.03 Å². The molecule has 17 heavy (non-hydrogen) atoms. The summed E-state index contributed by atoms with van der Waals surface area (Å²) < 4.78 is 0. The van der Waals surface area contributed by atoms with E-state index in [2.05, 4.69) is 6.58 Å². The van der Waals surface area contributed by atoms with Crippen LogP contribution < -0.4 is 4.90 Å². The number of hydrogen-bond acceptors (Lipinski definition) is 2. The van der Waals surface area contributed by atoms with Crippen LogP contribution in [0.1, 0.15) is 21.5 Å². The fourth-order valence-corrected chi connectivity index (χ4v) is 2.11. The summed E-state index contributed by atoms with van der Waals surface area (Å²) >= 11 is 5.73. The SMILES string of the molecule is C=C(Cl)CN1C(=O)C(=O)c2ccc(C)c(C)c21. The molecule has 0 aromatic heterocycles. The smallest absolute Gasteiger partial charge is 0.299 e. The van der Waals surface area contributed by atoms with Gasteiger partial charge in [-0.2, -0.15) is 0 Å². The highest BCUT2D eigenvalue weighted by molar-refractivity contribution is 6.52. The third-order valence-corrected chi connectivity index (χ3v) is 3.10. The molecule has 0 atom stereocenters. The average Bonchev–Trinajstić information content (AvgIpc) is 2.49. The van der Waals surface area contributed by atoms with Crippen LogP contribution in [0.4, 0.5) is 5.69 Å². The van der Waals surface area contributed by atoms with Crippen LogP contribution in [0.15, 0.2) is 23.7 Å². The van der Waals surface area contributed by atoms with Gasteiger partial charge < -0.3 is 0 Å². The van der Waals surface area contributed by atoms with Crippen molar-refractivity contribution in [2.45, 2.75) is 13.8 Å². The maximum absolute atomic E-state index is 11.8. The van der Waals surface area contributed by atoms with Crippen molar-refractivity contribution in [1.29, 1.82) is 0 Å². The largest absolute Gasteiger partial charge is 0.299 e. The molecule has 4 heteroatoms. The van der Waals surface area contributed by atoms with Gasteiger partial charge in [0.2, 0.25) is 0 Å². The summed E-state index contributed by atoms with van der Waals surface area (Å²) in [4.78, 5) is 25.0. The summed E-state index contributed by atoms with van der Waals surface area (Å²) in [6.07, 6.45) is 0. The Morgan fingerprint density at radius 2 is 2.00 bits per heavy atom. The molecule has 88 valence electrons. The van der Waals surface area contributed by atoms with E-state index in [1.54, 1.807) is 6.07 Å². The highest BCUT2D eigenvalue weighted by Gasteiger charge is 2.37. The number of nitrogens with zero attached hydrogens (tertiary/aromatic N) is 1. The molecule has 0 unspecified atom stereocenters. The summed E-state index contributed by atoms with van der Waals surface area (Å²) in [6.45, 7) is 7.57. The van der Waals surface area contributed by atoms with Gasteiger partial charge in [0.25, 0.3) is 11.7 Å². The summed E-state index contributed by atoms with van der Waals surface area (Å²) in [6, 6.07) is 3.53. The minimum Gasteiger partial charge on any atom is -0.299 e. The lowest BCUT2D eigenvalue weighted by Gasteiger charge is -2.18. The van der Waals surface area contributed by atoms with Crippen molar-refractivity contribution in [2.75, 3.05) is 11.4 Å². The van der Waals surface area contributed by atoms with Gasteiger partial charge in [-0.05, 0) is 31.0 Å². The Kier molecular flexibility index (Phi) is 2.79. The van der Waals surface area contributed by atoms with E-state index in [0.717, 1.165) is 11.1 Å². The van der Waals surface area contributed by atoms with Crippen LogP contribution in [0, 0.1) is 13.8 Å². The van der Waals surface area contributed by atoms with Crippen molar-refractivity contribution in [2.24, 2.45) is 0 Å². The number of carbonyl (C=O) groups is 2. The van der Waals surface area contributed by atoms with Gasteiger partial charge in [0.1, 0.15) is 0 Å². The van der Waals surface area contributed by atoms with Crippen LogP contribution in [0.2, 0.25) is 0 Å². The maximum Gasteiger partial charge on any atom is 0.299 e. The number of hydrogen-bond donors (Lipinski definition) is 0. The van der Waals surface area contributed by atoms with Crippen molar-refractivity contribution in [3.05, 3.63) is 40.4 Å². The van der Waals surface area contributed by atoms with Crippen LogP contribution in [-0.4, -0.2) is 18.2 Å². The molecule has 1 aliphatic heterocycles. The standard InChI is InChI=1S/C13H12ClNO2/c1-7-4-5-10-11(9(7)3)15(6-8(2)14)13(17)12(10)16/h4-5H,2,6H2,1,3H3. The number of fused-ring (bicyclic) bond motifs is 1. The topological polar surface area (TPSA) is 37.4 Å². The van der Waals surface area contributed by atoms with E-state index < -0.39 is 11.7 Å². The van der Waals surface area contributed by atoms with E-state index in [4.69, 9.17) is 11.6 Å². The molecule has 1 aromatic rings. The van der Waals surface area contributed by atoms with E-state index in [9.17, 15) is 9.59 Å². The lowest BCUT2D eigenvalue weighted by Crippen LogP contribution is -2.31. The zero-order valence-corrected chi connectivity index (χ0v) is 10.5. The summed E-state index contributed by atoms with van der Waals surface area (Å²) in [5, 5.41) is 0.333. The molecule has 0 saturated heterocycles. The maximum atomic E-state index is 11.8. The second kappa shape index (κ2) is 4.00. The third-order valence-electron chi connectivity index (χ3n) is 2.99. The molecule has 1 heterocycles. The van der Waals surface area contributed by atoms with Crippen molar-refractivity contribution in [1.82, 2.24) is 0 Å². The van der Waals surface area contributed by atoms with Crippen molar-refractivity contribution >= 4 is 29.0 Å². The zero-order chi connectivity index (χ0) is 12.7. The zero-order valence-electron chi connectivity index (χ0n) is 9.71. The normalized spacial score (nSPS) is 14.2. The lowest BCUT2D eigenvalue weighted by atomic mass is 10.0. The molecule has 2 rings (SSSR count). The first-order chi connectivity index (χ1) is 7.93. The number of anilines is 1. The Labute approximate surface area is 105 Å². The molecule has 0 spiro atoms. The lowest BCUT2D eigenvalue weighted by molar-refractivity contribution is -0.114. The van der Waals surface area contributed by atoms with Gasteiger partial charge >= 0.3 is 0 Å². The number of benzene rings is 1. The molecular formula is C13H12ClNO2. The van der Waals surface area contributed by atoms with Gasteiger partial charge in [-0.25, -0.2) is 0 Å². The van der Waals surface area contributed by atoms with Crippen molar-refractivity contribution < 1.29 is 9.59 Å². The summed E-state index contributed by atoms with van der Waals surface area (Å²) in [5.41, 5.74) is 3.09. The van der Waals surface area contributed by atoms with Crippen molar-refractivity contribution in [3.8, 4) is 0 Å². The molecule has 0 bridgehead atoms. The molecule has 0 aliphatic carbocycles. The summed E-state index contributed by atoms with van der Waals surface area (Å²) in [5.74, 6) is -1.00. The number of amides is 1.